The van der Waals surface area contributed by atoms with Gasteiger partial charge < -0.3 is 14.4 Å². The molecular weight excluding hydrogens is 352 g/mol. The molecule has 0 aliphatic carbocycles. The van der Waals surface area contributed by atoms with E-state index in [-0.39, 0.29) is 6.04 Å². The molecule has 4 rings (SSSR count). The first-order valence-electron chi connectivity index (χ1n) is 9.42. The number of nitrogens with zero attached hydrogens (tertiary/aromatic N) is 2. The molecule has 3 atom stereocenters. The fraction of sp³-hybridized carbons (Fsp3) is 0.684. The highest BCUT2D eigenvalue weighted by Crippen LogP contribution is 2.46. The molecule has 3 saturated heterocycles. The zero-order chi connectivity index (χ0) is 18.1. The molecule has 0 radical (unpaired) electrons. The molecule has 0 bridgehead atoms. The van der Waals surface area contributed by atoms with Crippen molar-refractivity contribution in [3.63, 3.8) is 0 Å². The van der Waals surface area contributed by atoms with Crippen LogP contribution in [0.3, 0.4) is 0 Å². The van der Waals surface area contributed by atoms with Crippen LogP contribution in [0.1, 0.15) is 11.6 Å². The Kier molecular flexibility index (Phi) is 5.34. The number of hydrogen-bond acceptors (Lipinski definition) is 5. The molecule has 0 aromatic heterocycles. The summed E-state index contributed by atoms with van der Waals surface area (Å²) in [5.41, 5.74) is 1.11. The topological polar surface area (TPSA) is 59.1 Å². The van der Waals surface area contributed by atoms with E-state index >= 15 is 0 Å². The average molecular weight is 381 g/mol. The third-order valence-corrected chi connectivity index (χ3v) is 7.09. The molecule has 3 heterocycles. The molecule has 3 fully saturated rings. The first-order valence-corrected chi connectivity index (χ1v) is 11.3. The minimum atomic E-state index is -3.22. The van der Waals surface area contributed by atoms with Gasteiger partial charge >= 0.3 is 0 Å². The van der Waals surface area contributed by atoms with E-state index in [2.05, 4.69) is 17.0 Å². The highest BCUT2D eigenvalue weighted by Gasteiger charge is 2.50. The van der Waals surface area contributed by atoms with Crippen molar-refractivity contribution in [1.82, 2.24) is 9.21 Å². The summed E-state index contributed by atoms with van der Waals surface area (Å²) in [4.78, 5) is 2.48. The molecular formula is C19H28N2O4S. The number of benzene rings is 1. The number of ether oxygens (including phenoxy) is 2. The second-order valence-electron chi connectivity index (χ2n) is 7.85. The highest BCUT2D eigenvalue weighted by atomic mass is 32.2. The van der Waals surface area contributed by atoms with Gasteiger partial charge in [-0.2, -0.15) is 4.31 Å². The normalized spacial score (nSPS) is 31.8. The van der Waals surface area contributed by atoms with Crippen molar-refractivity contribution in [1.29, 1.82) is 0 Å². The van der Waals surface area contributed by atoms with Crippen molar-refractivity contribution in [3.05, 3.63) is 35.9 Å². The van der Waals surface area contributed by atoms with E-state index in [1.54, 1.807) is 4.31 Å². The van der Waals surface area contributed by atoms with Crippen LogP contribution in [-0.2, 0) is 19.5 Å². The quantitative estimate of drug-likeness (QED) is 0.786. The summed E-state index contributed by atoms with van der Waals surface area (Å²) in [5, 5.41) is 0. The van der Waals surface area contributed by atoms with Crippen LogP contribution >= 0.6 is 0 Å². The summed E-state index contributed by atoms with van der Waals surface area (Å²) in [5.74, 6) is 1.14. The van der Waals surface area contributed by atoms with Crippen molar-refractivity contribution in [2.45, 2.75) is 6.04 Å². The molecule has 0 spiro atoms. The van der Waals surface area contributed by atoms with Gasteiger partial charge in [-0.3, -0.25) is 0 Å². The van der Waals surface area contributed by atoms with Crippen LogP contribution in [0.25, 0.3) is 0 Å². The fourth-order valence-corrected chi connectivity index (χ4v) is 5.94. The lowest BCUT2D eigenvalue weighted by Crippen LogP contribution is -2.37. The van der Waals surface area contributed by atoms with Gasteiger partial charge in [0.1, 0.15) is 0 Å². The average Bonchev–Trinajstić information content (AvgIpc) is 3.03. The number of hydrogen-bond donors (Lipinski definition) is 0. The Morgan fingerprint density at radius 1 is 1.04 bits per heavy atom. The van der Waals surface area contributed by atoms with Gasteiger partial charge in [-0.05, 0) is 17.4 Å². The summed E-state index contributed by atoms with van der Waals surface area (Å²) in [6.07, 6.45) is 1.34. The molecule has 6 nitrogen and oxygen atoms in total. The molecule has 144 valence electrons. The number of fused-ring (bicyclic) bond motifs is 1. The van der Waals surface area contributed by atoms with Crippen molar-refractivity contribution >= 4 is 10.0 Å². The van der Waals surface area contributed by atoms with Crippen LogP contribution in [0.2, 0.25) is 0 Å². The predicted octanol–water partition coefficient (Wildman–Crippen LogP) is 1.21. The van der Waals surface area contributed by atoms with Crippen LogP contribution in [0.5, 0.6) is 0 Å². The zero-order valence-electron chi connectivity index (χ0n) is 15.3. The lowest BCUT2D eigenvalue weighted by atomic mass is 9.90. The summed E-state index contributed by atoms with van der Waals surface area (Å²) < 4.78 is 37.7. The number of likely N-dealkylation sites (tertiary alicyclic amines) is 1. The fourth-order valence-electron chi connectivity index (χ4n) is 4.79. The van der Waals surface area contributed by atoms with E-state index in [0.717, 1.165) is 38.4 Å². The minimum Gasteiger partial charge on any atom is -0.379 e. The molecule has 0 saturated carbocycles. The van der Waals surface area contributed by atoms with Crippen molar-refractivity contribution in [2.75, 3.05) is 58.9 Å². The molecule has 0 N–H and O–H groups in total. The molecule has 1 aromatic carbocycles. The molecule has 0 amide bonds. The predicted molar refractivity (Wildman–Crippen MR) is 99.3 cm³/mol. The van der Waals surface area contributed by atoms with E-state index in [4.69, 9.17) is 9.47 Å². The van der Waals surface area contributed by atoms with Gasteiger partial charge in [-0.25, -0.2) is 8.42 Å². The van der Waals surface area contributed by atoms with Crippen molar-refractivity contribution in [3.8, 4) is 0 Å². The third kappa shape index (κ3) is 3.82. The molecule has 3 aliphatic rings. The Balaban J connectivity index is 1.50. The molecule has 7 heteroatoms. The van der Waals surface area contributed by atoms with E-state index in [9.17, 15) is 8.42 Å². The summed E-state index contributed by atoms with van der Waals surface area (Å²) in [6, 6.07) is 10.0. The second-order valence-corrected chi connectivity index (χ2v) is 9.78. The van der Waals surface area contributed by atoms with Crippen LogP contribution in [-0.4, -0.2) is 76.5 Å². The van der Waals surface area contributed by atoms with E-state index in [1.807, 2.05) is 18.2 Å². The van der Waals surface area contributed by atoms with Crippen LogP contribution in [0.15, 0.2) is 30.3 Å². The Labute approximate surface area is 156 Å². The van der Waals surface area contributed by atoms with Gasteiger partial charge in [0.2, 0.25) is 10.0 Å². The van der Waals surface area contributed by atoms with Crippen molar-refractivity contribution in [2.24, 2.45) is 17.8 Å². The van der Waals surface area contributed by atoms with Crippen molar-refractivity contribution < 1.29 is 17.9 Å². The Morgan fingerprint density at radius 3 is 2.38 bits per heavy atom. The number of rotatable bonds is 4. The maximum absolute atomic E-state index is 12.4. The van der Waals surface area contributed by atoms with Gasteiger partial charge in [-0.15, -0.1) is 0 Å². The van der Waals surface area contributed by atoms with E-state index < -0.39 is 10.0 Å². The smallest absolute Gasteiger partial charge is 0.211 e. The van der Waals surface area contributed by atoms with E-state index in [1.165, 1.54) is 6.26 Å². The zero-order valence-corrected chi connectivity index (χ0v) is 16.1. The maximum atomic E-state index is 12.4. The lowest BCUT2D eigenvalue weighted by Gasteiger charge is -2.29. The molecule has 1 aromatic rings. The van der Waals surface area contributed by atoms with Crippen LogP contribution < -0.4 is 0 Å². The Bertz CT molecular complexity index is 704. The van der Waals surface area contributed by atoms with Crippen LogP contribution in [0, 0.1) is 17.8 Å². The van der Waals surface area contributed by atoms with Gasteiger partial charge in [0.25, 0.3) is 0 Å². The van der Waals surface area contributed by atoms with Gasteiger partial charge in [-0.1, -0.05) is 30.3 Å². The second kappa shape index (κ2) is 7.56. The van der Waals surface area contributed by atoms with Crippen LogP contribution in [0.4, 0.5) is 0 Å². The summed E-state index contributed by atoms with van der Waals surface area (Å²) in [6.45, 7) is 6.35. The number of sulfonamides is 1. The third-order valence-electron chi connectivity index (χ3n) is 5.86. The molecule has 3 aliphatic heterocycles. The van der Waals surface area contributed by atoms with E-state index in [0.29, 0.717) is 37.5 Å². The lowest BCUT2D eigenvalue weighted by molar-refractivity contribution is 0.103. The SMILES string of the molecule is CS(=O)(=O)N1C[C@H]2CN(CC3COCCOC3)C[C@H]2[C@@H]1c1ccccc1. The first kappa shape index (κ1) is 18.4. The largest absolute Gasteiger partial charge is 0.379 e. The van der Waals surface area contributed by atoms with Gasteiger partial charge in [0.05, 0.1) is 38.7 Å². The first-order chi connectivity index (χ1) is 12.5. The van der Waals surface area contributed by atoms with Gasteiger partial charge in [0, 0.05) is 32.1 Å². The molecule has 0 unspecified atom stereocenters. The standard InChI is InChI=1S/C19H28N2O4S/c1-26(22,23)21-11-17-10-20(9-15-13-24-7-8-25-14-15)12-18(17)19(21)16-5-3-2-4-6-16/h2-6,15,17-19H,7-14H2,1H3/t17-,18-,19+/m1/s1. The molecule has 26 heavy (non-hydrogen) atoms. The minimum absolute atomic E-state index is 0.0529. The summed E-state index contributed by atoms with van der Waals surface area (Å²) >= 11 is 0. The monoisotopic (exact) mass is 380 g/mol. The Hall–Kier alpha value is -0.990. The van der Waals surface area contributed by atoms with Gasteiger partial charge in [0.15, 0.2) is 0 Å². The maximum Gasteiger partial charge on any atom is 0.211 e. The highest BCUT2D eigenvalue weighted by molar-refractivity contribution is 7.88. The summed E-state index contributed by atoms with van der Waals surface area (Å²) in [7, 11) is -3.22. The Morgan fingerprint density at radius 2 is 1.73 bits per heavy atom.